The molecule has 0 spiro atoms. The third-order valence-electron chi connectivity index (χ3n) is 2.33. The lowest BCUT2D eigenvalue weighted by Crippen LogP contribution is -2.05. The highest BCUT2D eigenvalue weighted by atomic mass is 14.9. The van der Waals surface area contributed by atoms with E-state index in [4.69, 9.17) is 0 Å². The summed E-state index contributed by atoms with van der Waals surface area (Å²) in [7, 11) is 0. The van der Waals surface area contributed by atoms with Crippen LogP contribution in [-0.4, -0.2) is 19.9 Å². The van der Waals surface area contributed by atoms with E-state index in [2.05, 4.69) is 33.1 Å². The Bertz CT molecular complexity index is 507. The van der Waals surface area contributed by atoms with Gasteiger partial charge in [-0.25, -0.2) is 19.9 Å². The minimum atomic E-state index is -0.168. The Balaban J connectivity index is 2.32. The van der Waals surface area contributed by atoms with E-state index in [-0.39, 0.29) is 5.92 Å². The molecule has 1 atom stereocenters. The molecule has 0 aromatic carbocycles. The summed E-state index contributed by atoms with van der Waals surface area (Å²) in [6, 6.07) is 3.53. The van der Waals surface area contributed by atoms with Crippen molar-refractivity contribution in [2.24, 2.45) is 0 Å². The van der Waals surface area contributed by atoms with E-state index in [0.717, 1.165) is 5.57 Å². The Kier molecular flexibility index (Phi) is 3.35. The summed E-state index contributed by atoms with van der Waals surface area (Å²) in [5.41, 5.74) is 0.742. The maximum Gasteiger partial charge on any atom is 0.155 e. The monoisotopic (exact) mass is 224 g/mol. The van der Waals surface area contributed by atoms with Crippen LogP contribution in [0.4, 0.5) is 0 Å². The van der Waals surface area contributed by atoms with Crippen molar-refractivity contribution >= 4 is 5.57 Å². The van der Waals surface area contributed by atoms with Crippen LogP contribution in [0.15, 0.2) is 56.2 Å². The lowest BCUT2D eigenvalue weighted by Gasteiger charge is -2.12. The fraction of sp³-hybridized carbons (Fsp3) is 0.0769. The third kappa shape index (κ3) is 2.42. The molecule has 4 heteroatoms. The summed E-state index contributed by atoms with van der Waals surface area (Å²) < 4.78 is 0. The van der Waals surface area contributed by atoms with Crippen molar-refractivity contribution in [2.45, 2.75) is 5.92 Å². The van der Waals surface area contributed by atoms with Gasteiger partial charge >= 0.3 is 0 Å². The molecule has 0 aliphatic carbocycles. The summed E-state index contributed by atoms with van der Waals surface area (Å²) in [5, 5.41) is 0. The Morgan fingerprint density at radius 2 is 1.53 bits per heavy atom. The van der Waals surface area contributed by atoms with Crippen molar-refractivity contribution in [2.75, 3.05) is 0 Å². The van der Waals surface area contributed by atoms with Crippen LogP contribution in [-0.2, 0) is 0 Å². The van der Waals surface area contributed by atoms with Crippen molar-refractivity contribution < 1.29 is 0 Å². The zero-order valence-electron chi connectivity index (χ0n) is 9.32. The quantitative estimate of drug-likeness (QED) is 0.747. The van der Waals surface area contributed by atoms with E-state index in [1.54, 1.807) is 43.0 Å². The molecule has 0 fully saturated rings. The predicted octanol–water partition coefficient (Wildman–Crippen LogP) is 2.25. The van der Waals surface area contributed by atoms with Gasteiger partial charge in [0.15, 0.2) is 5.82 Å². The topological polar surface area (TPSA) is 51.6 Å². The Labute approximate surface area is 99.8 Å². The highest BCUT2D eigenvalue weighted by molar-refractivity contribution is 5.65. The van der Waals surface area contributed by atoms with E-state index >= 15 is 0 Å². The minimum Gasteiger partial charge on any atom is -0.240 e. The van der Waals surface area contributed by atoms with E-state index in [1.807, 2.05) is 0 Å². The summed E-state index contributed by atoms with van der Waals surface area (Å²) >= 11 is 0. The van der Waals surface area contributed by atoms with Gasteiger partial charge in [-0.2, -0.15) is 0 Å². The SMILES string of the molecule is C=CC(C(=C)c1ncccn1)c1ncccn1. The summed E-state index contributed by atoms with van der Waals surface area (Å²) in [6.07, 6.45) is 8.49. The minimum absolute atomic E-state index is 0.168. The van der Waals surface area contributed by atoms with Gasteiger partial charge in [0.05, 0.1) is 5.92 Å². The predicted molar refractivity (Wildman–Crippen MR) is 66.0 cm³/mol. The zero-order chi connectivity index (χ0) is 12.1. The average Bonchev–Trinajstić information content (AvgIpc) is 2.42. The van der Waals surface area contributed by atoms with Gasteiger partial charge in [0.2, 0.25) is 0 Å². The number of rotatable bonds is 4. The van der Waals surface area contributed by atoms with E-state index in [9.17, 15) is 0 Å². The number of nitrogens with zero attached hydrogens (tertiary/aromatic N) is 4. The van der Waals surface area contributed by atoms with Gasteiger partial charge in [0.1, 0.15) is 5.82 Å². The van der Waals surface area contributed by atoms with E-state index in [1.165, 1.54) is 0 Å². The average molecular weight is 224 g/mol. The molecule has 17 heavy (non-hydrogen) atoms. The molecule has 84 valence electrons. The summed E-state index contributed by atoms with van der Waals surface area (Å²) in [5.74, 6) is 1.07. The first-order valence-electron chi connectivity index (χ1n) is 5.18. The van der Waals surface area contributed by atoms with Gasteiger partial charge in [-0.1, -0.05) is 12.7 Å². The second kappa shape index (κ2) is 5.12. The number of hydrogen-bond donors (Lipinski definition) is 0. The molecule has 0 aliphatic rings. The molecule has 2 aromatic rings. The van der Waals surface area contributed by atoms with Crippen LogP contribution in [0.3, 0.4) is 0 Å². The molecular formula is C13H12N4. The lowest BCUT2D eigenvalue weighted by molar-refractivity contribution is 0.907. The van der Waals surface area contributed by atoms with Crippen LogP contribution in [0.5, 0.6) is 0 Å². The van der Waals surface area contributed by atoms with Gasteiger partial charge in [-0.15, -0.1) is 6.58 Å². The van der Waals surface area contributed by atoms with E-state index in [0.29, 0.717) is 11.6 Å². The van der Waals surface area contributed by atoms with Crippen LogP contribution >= 0.6 is 0 Å². The maximum absolute atomic E-state index is 4.20. The molecule has 0 radical (unpaired) electrons. The fourth-order valence-electron chi connectivity index (χ4n) is 1.48. The molecule has 2 heterocycles. The van der Waals surface area contributed by atoms with Crippen molar-refractivity contribution in [3.05, 3.63) is 67.8 Å². The van der Waals surface area contributed by atoms with Crippen LogP contribution in [0.2, 0.25) is 0 Å². The second-order valence-corrected chi connectivity index (χ2v) is 3.42. The second-order valence-electron chi connectivity index (χ2n) is 3.42. The number of allylic oxidation sites excluding steroid dienone is 2. The third-order valence-corrected chi connectivity index (χ3v) is 2.33. The maximum atomic E-state index is 4.20. The van der Waals surface area contributed by atoms with Gasteiger partial charge in [-0.3, -0.25) is 0 Å². The Morgan fingerprint density at radius 3 is 2.06 bits per heavy atom. The molecule has 0 amide bonds. The van der Waals surface area contributed by atoms with Crippen molar-refractivity contribution in [3.63, 3.8) is 0 Å². The molecule has 0 N–H and O–H groups in total. The summed E-state index contributed by atoms with van der Waals surface area (Å²) in [6.45, 7) is 7.78. The first kappa shape index (κ1) is 11.1. The fourth-order valence-corrected chi connectivity index (χ4v) is 1.48. The first-order chi connectivity index (χ1) is 8.33. The zero-order valence-corrected chi connectivity index (χ0v) is 9.32. The number of aromatic nitrogens is 4. The van der Waals surface area contributed by atoms with Crippen LogP contribution in [0.1, 0.15) is 17.6 Å². The van der Waals surface area contributed by atoms with Crippen LogP contribution < -0.4 is 0 Å². The Hall–Kier alpha value is -2.36. The molecule has 0 bridgehead atoms. The van der Waals surface area contributed by atoms with Crippen molar-refractivity contribution in [1.82, 2.24) is 19.9 Å². The lowest BCUT2D eigenvalue weighted by atomic mass is 9.99. The largest absolute Gasteiger partial charge is 0.240 e. The normalized spacial score (nSPS) is 11.8. The van der Waals surface area contributed by atoms with Gasteiger partial charge in [0.25, 0.3) is 0 Å². The molecule has 0 aliphatic heterocycles. The van der Waals surface area contributed by atoms with Crippen LogP contribution in [0, 0.1) is 0 Å². The molecule has 0 saturated carbocycles. The Morgan fingerprint density at radius 1 is 1.00 bits per heavy atom. The molecule has 2 rings (SSSR count). The first-order valence-corrected chi connectivity index (χ1v) is 5.18. The van der Waals surface area contributed by atoms with Gasteiger partial charge < -0.3 is 0 Å². The van der Waals surface area contributed by atoms with Crippen molar-refractivity contribution in [3.8, 4) is 0 Å². The molecular weight excluding hydrogens is 212 g/mol. The molecule has 2 aromatic heterocycles. The van der Waals surface area contributed by atoms with Crippen LogP contribution in [0.25, 0.3) is 5.57 Å². The van der Waals surface area contributed by atoms with Gasteiger partial charge in [0, 0.05) is 30.4 Å². The smallest absolute Gasteiger partial charge is 0.155 e. The molecule has 4 nitrogen and oxygen atoms in total. The highest BCUT2D eigenvalue weighted by Gasteiger charge is 2.17. The number of hydrogen-bond acceptors (Lipinski definition) is 4. The standard InChI is InChI=1S/C13H12N4/c1-3-11(13-16-8-5-9-17-13)10(2)12-14-6-4-7-15-12/h3-9,11H,1-2H2. The van der Waals surface area contributed by atoms with Gasteiger partial charge in [-0.05, 0) is 12.1 Å². The molecule has 1 unspecified atom stereocenters. The van der Waals surface area contributed by atoms with Crippen molar-refractivity contribution in [1.29, 1.82) is 0 Å². The molecule has 0 saturated heterocycles. The highest BCUT2D eigenvalue weighted by Crippen LogP contribution is 2.26. The van der Waals surface area contributed by atoms with E-state index < -0.39 is 0 Å². The summed E-state index contributed by atoms with van der Waals surface area (Å²) in [4.78, 5) is 16.7.